The lowest BCUT2D eigenvalue weighted by Gasteiger charge is -2.21. The van der Waals surface area contributed by atoms with E-state index in [1.165, 1.54) is 11.1 Å². The molecule has 0 saturated carbocycles. The lowest BCUT2D eigenvalue weighted by Crippen LogP contribution is -2.35. The van der Waals surface area contributed by atoms with Crippen molar-refractivity contribution in [3.8, 4) is 5.69 Å². The van der Waals surface area contributed by atoms with Crippen molar-refractivity contribution in [3.05, 3.63) is 46.7 Å². The third kappa shape index (κ3) is 3.82. The van der Waals surface area contributed by atoms with Crippen LogP contribution in [0.25, 0.3) is 5.69 Å². The average molecular weight is 278 g/mol. The Balaban J connectivity index is 2.18. The summed E-state index contributed by atoms with van der Waals surface area (Å²) in [5.41, 5.74) is 3.65. The van der Waals surface area contributed by atoms with Crippen LogP contribution in [0.15, 0.2) is 30.6 Å². The lowest BCUT2D eigenvalue weighted by molar-refractivity contribution is 0.424. The quantitative estimate of drug-likeness (QED) is 0.927. The fourth-order valence-electron chi connectivity index (χ4n) is 1.88. The fourth-order valence-corrected chi connectivity index (χ4v) is 2.02. The molecule has 1 N–H and O–H groups in total. The molecule has 2 rings (SSSR count). The number of nitrogens with zero attached hydrogens (tertiary/aromatic N) is 2. The summed E-state index contributed by atoms with van der Waals surface area (Å²) in [5.74, 6) is 0. The molecule has 0 aliphatic heterocycles. The van der Waals surface area contributed by atoms with Gasteiger partial charge in [-0.2, -0.15) is 5.10 Å². The first-order valence-corrected chi connectivity index (χ1v) is 6.78. The van der Waals surface area contributed by atoms with Crippen LogP contribution in [0.1, 0.15) is 31.9 Å². The lowest BCUT2D eigenvalue weighted by atomic mass is 10.1. The van der Waals surface area contributed by atoms with Crippen molar-refractivity contribution in [1.82, 2.24) is 15.1 Å². The molecule has 0 radical (unpaired) electrons. The van der Waals surface area contributed by atoms with Gasteiger partial charge < -0.3 is 5.32 Å². The van der Waals surface area contributed by atoms with Crippen molar-refractivity contribution < 1.29 is 0 Å². The highest BCUT2D eigenvalue weighted by atomic mass is 35.5. The maximum atomic E-state index is 5.90. The van der Waals surface area contributed by atoms with Crippen molar-refractivity contribution in [1.29, 1.82) is 0 Å². The Morgan fingerprint density at radius 3 is 2.58 bits per heavy atom. The zero-order valence-electron chi connectivity index (χ0n) is 11.9. The molecule has 0 aliphatic rings. The number of nitrogens with one attached hydrogen (secondary N) is 1. The molecule has 102 valence electrons. The Hall–Kier alpha value is -1.32. The Kier molecular flexibility index (Phi) is 3.97. The van der Waals surface area contributed by atoms with E-state index in [-0.39, 0.29) is 5.54 Å². The highest BCUT2D eigenvalue weighted by molar-refractivity contribution is 6.30. The normalized spacial score (nSPS) is 11.8. The number of aromatic nitrogens is 2. The zero-order chi connectivity index (χ0) is 14.0. The average Bonchev–Trinajstić information content (AvgIpc) is 2.72. The predicted octanol–water partition coefficient (Wildman–Crippen LogP) is 3.72. The molecule has 0 saturated heterocycles. The van der Waals surface area contributed by atoms with E-state index in [0.717, 1.165) is 12.2 Å². The molecule has 0 amide bonds. The molecule has 1 heterocycles. The van der Waals surface area contributed by atoms with Crippen molar-refractivity contribution in [2.24, 2.45) is 0 Å². The van der Waals surface area contributed by atoms with E-state index >= 15 is 0 Å². The number of halogens is 1. The molecule has 1 aromatic heterocycles. The second kappa shape index (κ2) is 5.35. The van der Waals surface area contributed by atoms with E-state index < -0.39 is 0 Å². The molecule has 4 heteroatoms. The van der Waals surface area contributed by atoms with Gasteiger partial charge in [0.1, 0.15) is 0 Å². The van der Waals surface area contributed by atoms with Gasteiger partial charge in [-0.15, -0.1) is 0 Å². The minimum absolute atomic E-state index is 0.127. The topological polar surface area (TPSA) is 29.9 Å². The number of rotatable bonds is 3. The molecular weight excluding hydrogens is 258 g/mol. The van der Waals surface area contributed by atoms with Crippen molar-refractivity contribution in [2.45, 2.75) is 39.8 Å². The number of benzene rings is 1. The van der Waals surface area contributed by atoms with Gasteiger partial charge in [0.2, 0.25) is 0 Å². The Morgan fingerprint density at radius 2 is 2.05 bits per heavy atom. The molecule has 0 fully saturated rings. The van der Waals surface area contributed by atoms with Crippen molar-refractivity contribution in [2.75, 3.05) is 0 Å². The van der Waals surface area contributed by atoms with E-state index in [0.29, 0.717) is 5.02 Å². The van der Waals surface area contributed by atoms with E-state index in [4.69, 9.17) is 11.6 Å². The minimum Gasteiger partial charge on any atom is -0.308 e. The van der Waals surface area contributed by atoms with Crippen LogP contribution in [0.5, 0.6) is 0 Å². The summed E-state index contributed by atoms with van der Waals surface area (Å²) in [6, 6.07) is 6.39. The molecule has 0 atom stereocenters. The zero-order valence-corrected chi connectivity index (χ0v) is 12.6. The summed E-state index contributed by atoms with van der Waals surface area (Å²) >= 11 is 5.90. The molecule has 1 aromatic carbocycles. The van der Waals surface area contributed by atoms with Gasteiger partial charge in [-0.05, 0) is 44.9 Å². The van der Waals surface area contributed by atoms with E-state index in [2.05, 4.69) is 56.3 Å². The van der Waals surface area contributed by atoms with Crippen LogP contribution >= 0.6 is 11.6 Å². The molecule has 2 aromatic rings. The van der Waals surface area contributed by atoms with Gasteiger partial charge >= 0.3 is 0 Å². The van der Waals surface area contributed by atoms with Gasteiger partial charge in [-0.25, -0.2) is 4.68 Å². The summed E-state index contributed by atoms with van der Waals surface area (Å²) < 4.78 is 1.80. The second-order valence-corrected chi connectivity index (χ2v) is 6.26. The maximum absolute atomic E-state index is 5.90. The highest BCUT2D eigenvalue weighted by Gasteiger charge is 2.09. The van der Waals surface area contributed by atoms with Gasteiger partial charge in [-0.1, -0.05) is 23.7 Å². The van der Waals surface area contributed by atoms with Crippen LogP contribution in [-0.2, 0) is 6.54 Å². The summed E-state index contributed by atoms with van der Waals surface area (Å²) in [6.45, 7) is 9.45. The summed E-state index contributed by atoms with van der Waals surface area (Å²) in [5, 5.41) is 8.37. The minimum atomic E-state index is 0.127. The standard InChI is InChI=1S/C15H20ClN3/c1-11-7-12(8-17-15(2,3)4)5-6-14(11)19-10-13(16)9-18-19/h5-7,9-10,17H,8H2,1-4H3. The molecule has 0 bridgehead atoms. The summed E-state index contributed by atoms with van der Waals surface area (Å²) in [4.78, 5) is 0. The smallest absolute Gasteiger partial charge is 0.0790 e. The Labute approximate surface area is 119 Å². The highest BCUT2D eigenvalue weighted by Crippen LogP contribution is 2.17. The summed E-state index contributed by atoms with van der Waals surface area (Å²) in [6.07, 6.45) is 3.47. The first-order chi connectivity index (χ1) is 8.85. The molecule has 0 spiro atoms. The first-order valence-electron chi connectivity index (χ1n) is 6.40. The predicted molar refractivity (Wildman–Crippen MR) is 79.9 cm³/mol. The molecule has 0 aliphatic carbocycles. The molecule has 19 heavy (non-hydrogen) atoms. The number of hydrogen-bond donors (Lipinski definition) is 1. The van der Waals surface area contributed by atoms with Crippen molar-refractivity contribution >= 4 is 11.6 Å². The maximum Gasteiger partial charge on any atom is 0.0790 e. The third-order valence-corrected chi connectivity index (χ3v) is 3.08. The number of aryl methyl sites for hydroxylation is 1. The van der Waals surface area contributed by atoms with Gasteiger partial charge in [0.15, 0.2) is 0 Å². The second-order valence-electron chi connectivity index (χ2n) is 5.83. The van der Waals surface area contributed by atoms with Gasteiger partial charge in [-0.3, -0.25) is 0 Å². The van der Waals surface area contributed by atoms with E-state index in [1.807, 2.05) is 6.20 Å². The summed E-state index contributed by atoms with van der Waals surface area (Å²) in [7, 11) is 0. The van der Waals surface area contributed by atoms with Gasteiger partial charge in [0.05, 0.1) is 16.9 Å². The van der Waals surface area contributed by atoms with Crippen LogP contribution in [0, 0.1) is 6.92 Å². The van der Waals surface area contributed by atoms with Crippen LogP contribution < -0.4 is 5.32 Å². The largest absolute Gasteiger partial charge is 0.308 e. The Morgan fingerprint density at radius 1 is 1.32 bits per heavy atom. The monoisotopic (exact) mass is 277 g/mol. The van der Waals surface area contributed by atoms with Crippen LogP contribution in [0.2, 0.25) is 5.02 Å². The van der Waals surface area contributed by atoms with Crippen LogP contribution in [0.3, 0.4) is 0 Å². The van der Waals surface area contributed by atoms with Gasteiger partial charge in [0, 0.05) is 18.3 Å². The number of hydrogen-bond acceptors (Lipinski definition) is 2. The Bertz CT molecular complexity index is 567. The van der Waals surface area contributed by atoms with E-state index in [9.17, 15) is 0 Å². The van der Waals surface area contributed by atoms with Crippen molar-refractivity contribution in [3.63, 3.8) is 0 Å². The van der Waals surface area contributed by atoms with Gasteiger partial charge in [0.25, 0.3) is 0 Å². The third-order valence-electron chi connectivity index (χ3n) is 2.88. The first kappa shape index (κ1) is 14.1. The van der Waals surface area contributed by atoms with Crippen LogP contribution in [-0.4, -0.2) is 15.3 Å². The van der Waals surface area contributed by atoms with Crippen LogP contribution in [0.4, 0.5) is 0 Å². The molecule has 0 unspecified atom stereocenters. The fraction of sp³-hybridized carbons (Fsp3) is 0.400. The van der Waals surface area contributed by atoms with E-state index in [1.54, 1.807) is 10.9 Å². The SMILES string of the molecule is Cc1cc(CNC(C)(C)C)ccc1-n1cc(Cl)cn1. The molecular formula is C15H20ClN3. The molecule has 3 nitrogen and oxygen atoms in total.